The number of carbonyl (C=O) groups is 1. The summed E-state index contributed by atoms with van der Waals surface area (Å²) in [7, 11) is 0. The summed E-state index contributed by atoms with van der Waals surface area (Å²) in [5.41, 5.74) is 3.62. The van der Waals surface area contributed by atoms with Gasteiger partial charge in [-0.05, 0) is 49.4 Å². The Morgan fingerprint density at radius 1 is 0.938 bits per heavy atom. The fourth-order valence-corrected chi connectivity index (χ4v) is 5.91. The van der Waals surface area contributed by atoms with Crippen molar-refractivity contribution in [3.8, 4) is 5.75 Å². The van der Waals surface area contributed by atoms with E-state index >= 15 is 0 Å². The van der Waals surface area contributed by atoms with E-state index in [1.54, 1.807) is 6.07 Å². The van der Waals surface area contributed by atoms with Crippen LogP contribution >= 0.6 is 0 Å². The maximum Gasteiger partial charge on any atom is 0.155 e. The van der Waals surface area contributed by atoms with Crippen LogP contribution in [0.15, 0.2) is 48.5 Å². The van der Waals surface area contributed by atoms with E-state index in [4.69, 9.17) is 0 Å². The number of rotatable bonds is 5. The van der Waals surface area contributed by atoms with E-state index in [0.717, 1.165) is 57.5 Å². The SMILES string of the molecule is O=C(C1CCCCC1)C(C1CCc2ccccc2N1)N1CCN(c2cccc(O)c2)CC1. The highest BCUT2D eigenvalue weighted by molar-refractivity contribution is 5.88. The maximum absolute atomic E-state index is 13.9. The zero-order valence-electron chi connectivity index (χ0n) is 18.9. The molecule has 32 heavy (non-hydrogen) atoms. The molecule has 2 aromatic carbocycles. The number of phenolic OH excluding ortho intramolecular Hbond substituents is 1. The number of ketones is 1. The van der Waals surface area contributed by atoms with E-state index in [1.807, 2.05) is 12.1 Å². The van der Waals surface area contributed by atoms with Crippen molar-refractivity contribution in [1.82, 2.24) is 4.90 Å². The average Bonchev–Trinajstić information content (AvgIpc) is 2.85. The molecule has 5 heteroatoms. The van der Waals surface area contributed by atoms with Gasteiger partial charge in [0, 0.05) is 55.6 Å². The second kappa shape index (κ2) is 9.53. The molecule has 1 saturated heterocycles. The summed E-state index contributed by atoms with van der Waals surface area (Å²) in [6, 6.07) is 16.2. The van der Waals surface area contributed by atoms with E-state index in [0.29, 0.717) is 11.5 Å². The number of fused-ring (bicyclic) bond motifs is 1. The summed E-state index contributed by atoms with van der Waals surface area (Å²) in [5, 5.41) is 13.6. The van der Waals surface area contributed by atoms with Crippen LogP contribution in [0, 0.1) is 5.92 Å². The summed E-state index contributed by atoms with van der Waals surface area (Å²) in [5.74, 6) is 0.990. The van der Waals surface area contributed by atoms with Gasteiger partial charge in [-0.15, -0.1) is 0 Å². The lowest BCUT2D eigenvalue weighted by Crippen LogP contribution is -2.60. The monoisotopic (exact) mass is 433 g/mol. The molecular formula is C27H35N3O2. The minimum absolute atomic E-state index is 0.0576. The molecule has 1 aliphatic carbocycles. The van der Waals surface area contributed by atoms with Gasteiger partial charge < -0.3 is 15.3 Å². The smallest absolute Gasteiger partial charge is 0.155 e. The highest BCUT2D eigenvalue weighted by Crippen LogP contribution is 2.32. The van der Waals surface area contributed by atoms with Gasteiger partial charge in [0.05, 0.1) is 6.04 Å². The summed E-state index contributed by atoms with van der Waals surface area (Å²) in [6.07, 6.45) is 7.80. The van der Waals surface area contributed by atoms with Crippen molar-refractivity contribution in [2.75, 3.05) is 36.4 Å². The lowest BCUT2D eigenvalue weighted by molar-refractivity contribution is -0.130. The Morgan fingerprint density at radius 3 is 2.50 bits per heavy atom. The van der Waals surface area contributed by atoms with Crippen molar-refractivity contribution in [3.63, 3.8) is 0 Å². The molecule has 2 N–H and O–H groups in total. The van der Waals surface area contributed by atoms with Gasteiger partial charge in [0.2, 0.25) is 0 Å². The predicted molar refractivity (Wildman–Crippen MR) is 129 cm³/mol. The first-order chi connectivity index (χ1) is 15.7. The average molecular weight is 434 g/mol. The van der Waals surface area contributed by atoms with Crippen molar-refractivity contribution in [1.29, 1.82) is 0 Å². The van der Waals surface area contributed by atoms with Crippen LogP contribution in [0.4, 0.5) is 11.4 Å². The molecule has 2 aliphatic heterocycles. The van der Waals surface area contributed by atoms with Crippen molar-refractivity contribution in [2.24, 2.45) is 5.92 Å². The number of carbonyl (C=O) groups excluding carboxylic acids is 1. The first-order valence-corrected chi connectivity index (χ1v) is 12.4. The fraction of sp³-hybridized carbons (Fsp3) is 0.519. The summed E-state index contributed by atoms with van der Waals surface area (Å²) in [4.78, 5) is 18.6. The minimum atomic E-state index is -0.0576. The Balaban J connectivity index is 1.34. The Kier molecular flexibility index (Phi) is 6.35. The van der Waals surface area contributed by atoms with Crippen LogP contribution in [0.2, 0.25) is 0 Å². The third-order valence-corrected chi connectivity index (χ3v) is 7.67. The highest BCUT2D eigenvalue weighted by Gasteiger charge is 2.40. The second-order valence-electron chi connectivity index (χ2n) is 9.67. The van der Waals surface area contributed by atoms with Crippen LogP contribution in [0.3, 0.4) is 0 Å². The topological polar surface area (TPSA) is 55.8 Å². The number of nitrogens with zero attached hydrogens (tertiary/aromatic N) is 2. The number of piperazine rings is 1. The van der Waals surface area contributed by atoms with Crippen LogP contribution in [0.5, 0.6) is 5.75 Å². The molecule has 0 radical (unpaired) electrons. The Morgan fingerprint density at radius 2 is 1.72 bits per heavy atom. The van der Waals surface area contributed by atoms with Crippen molar-refractivity contribution >= 4 is 17.2 Å². The largest absolute Gasteiger partial charge is 0.508 e. The molecule has 2 heterocycles. The molecule has 0 amide bonds. The van der Waals surface area contributed by atoms with E-state index in [-0.39, 0.29) is 18.0 Å². The number of hydrogen-bond donors (Lipinski definition) is 2. The molecule has 2 fully saturated rings. The van der Waals surface area contributed by atoms with Gasteiger partial charge >= 0.3 is 0 Å². The zero-order valence-corrected chi connectivity index (χ0v) is 18.9. The molecule has 0 aromatic heterocycles. The normalized spacial score (nSPS) is 23.2. The number of nitrogens with one attached hydrogen (secondary N) is 1. The van der Waals surface area contributed by atoms with Crippen molar-refractivity contribution in [3.05, 3.63) is 54.1 Å². The van der Waals surface area contributed by atoms with E-state index in [1.165, 1.54) is 30.5 Å². The quantitative estimate of drug-likeness (QED) is 0.729. The number of hydrogen-bond acceptors (Lipinski definition) is 5. The lowest BCUT2D eigenvalue weighted by atomic mass is 9.80. The number of aryl methyl sites for hydroxylation is 1. The molecule has 0 bridgehead atoms. The highest BCUT2D eigenvalue weighted by atomic mass is 16.3. The minimum Gasteiger partial charge on any atom is -0.508 e. The Labute approximate surface area is 191 Å². The van der Waals surface area contributed by atoms with Gasteiger partial charge in [-0.3, -0.25) is 9.69 Å². The third-order valence-electron chi connectivity index (χ3n) is 7.67. The molecule has 2 aromatic rings. The molecule has 5 nitrogen and oxygen atoms in total. The molecule has 2 unspecified atom stereocenters. The van der Waals surface area contributed by atoms with E-state index in [9.17, 15) is 9.90 Å². The lowest BCUT2D eigenvalue weighted by Gasteiger charge is -2.45. The Bertz CT molecular complexity index is 932. The summed E-state index contributed by atoms with van der Waals surface area (Å²) in [6.45, 7) is 3.50. The standard InChI is InChI=1S/C27H35N3O2/c31-23-11-6-10-22(19-23)29-15-17-30(18-16-29)26(27(32)21-8-2-1-3-9-21)25-14-13-20-7-4-5-12-24(20)28-25/h4-7,10-12,19,21,25-26,28,31H,1-3,8-9,13-18H2. The molecule has 2 atom stereocenters. The molecule has 1 saturated carbocycles. The van der Waals surface area contributed by atoms with Gasteiger partial charge in [0.15, 0.2) is 5.78 Å². The number of anilines is 2. The third kappa shape index (κ3) is 4.49. The molecule has 0 spiro atoms. The van der Waals surface area contributed by atoms with Gasteiger partial charge in [-0.1, -0.05) is 43.5 Å². The number of phenols is 1. The van der Waals surface area contributed by atoms with E-state index < -0.39 is 0 Å². The van der Waals surface area contributed by atoms with Gasteiger partial charge in [0.1, 0.15) is 5.75 Å². The fourth-order valence-electron chi connectivity index (χ4n) is 5.91. The number of Topliss-reactive ketones (excluding diaryl/α,β-unsaturated/α-hetero) is 1. The van der Waals surface area contributed by atoms with Crippen LogP contribution < -0.4 is 10.2 Å². The van der Waals surface area contributed by atoms with Crippen molar-refractivity contribution in [2.45, 2.75) is 57.0 Å². The van der Waals surface area contributed by atoms with Crippen LogP contribution in [0.25, 0.3) is 0 Å². The number of para-hydroxylation sites is 1. The molecular weight excluding hydrogens is 398 g/mol. The second-order valence-corrected chi connectivity index (χ2v) is 9.67. The van der Waals surface area contributed by atoms with Crippen LogP contribution in [-0.2, 0) is 11.2 Å². The predicted octanol–water partition coefficient (Wildman–Crippen LogP) is 4.46. The Hall–Kier alpha value is -2.53. The van der Waals surface area contributed by atoms with Gasteiger partial charge in [0.25, 0.3) is 0 Å². The van der Waals surface area contributed by atoms with Crippen LogP contribution in [-0.4, -0.2) is 54.1 Å². The number of aromatic hydroxyl groups is 1. The molecule has 3 aliphatic rings. The molecule has 170 valence electrons. The zero-order chi connectivity index (χ0) is 21.9. The number of benzene rings is 2. The summed E-state index contributed by atoms with van der Waals surface area (Å²) < 4.78 is 0. The van der Waals surface area contributed by atoms with E-state index in [2.05, 4.69) is 45.4 Å². The first kappa shape index (κ1) is 21.3. The van der Waals surface area contributed by atoms with Crippen LogP contribution in [0.1, 0.15) is 44.1 Å². The van der Waals surface area contributed by atoms with Gasteiger partial charge in [-0.2, -0.15) is 0 Å². The molecule has 5 rings (SSSR count). The van der Waals surface area contributed by atoms with Crippen molar-refractivity contribution < 1.29 is 9.90 Å². The summed E-state index contributed by atoms with van der Waals surface area (Å²) >= 11 is 0. The first-order valence-electron chi connectivity index (χ1n) is 12.4. The van der Waals surface area contributed by atoms with Gasteiger partial charge in [-0.25, -0.2) is 0 Å². The maximum atomic E-state index is 13.9.